The van der Waals surface area contributed by atoms with E-state index >= 15 is 0 Å². The molecule has 0 aromatic carbocycles. The highest BCUT2D eigenvalue weighted by molar-refractivity contribution is 5.94. The van der Waals surface area contributed by atoms with Crippen molar-refractivity contribution in [3.63, 3.8) is 0 Å². The van der Waals surface area contributed by atoms with Crippen LogP contribution < -0.4 is 5.73 Å². The first-order valence-corrected chi connectivity index (χ1v) is 8.38. The number of hydrogen-bond donors (Lipinski definition) is 1. The molecule has 4 heteroatoms. The lowest BCUT2D eigenvalue weighted by molar-refractivity contribution is 0.0463. The van der Waals surface area contributed by atoms with Crippen LogP contribution in [-0.4, -0.2) is 28.5 Å². The van der Waals surface area contributed by atoms with Crippen LogP contribution in [0.5, 0.6) is 0 Å². The second-order valence-corrected chi connectivity index (χ2v) is 6.80. The van der Waals surface area contributed by atoms with Gasteiger partial charge in [-0.1, -0.05) is 19.3 Å². The molecule has 2 fully saturated rings. The zero-order chi connectivity index (χ0) is 14.9. The van der Waals surface area contributed by atoms with Gasteiger partial charge < -0.3 is 15.2 Å². The Morgan fingerprint density at radius 3 is 2.48 bits per heavy atom. The quantitative estimate of drug-likeness (QED) is 0.908. The summed E-state index contributed by atoms with van der Waals surface area (Å²) in [6, 6.07) is 1.82. The topological polar surface area (TPSA) is 51.3 Å². The number of aryl methyl sites for hydroxylation is 1. The summed E-state index contributed by atoms with van der Waals surface area (Å²) >= 11 is 0. The molecule has 3 rings (SSSR count). The van der Waals surface area contributed by atoms with E-state index in [9.17, 15) is 4.79 Å². The number of hydrogen-bond acceptors (Lipinski definition) is 2. The van der Waals surface area contributed by atoms with E-state index in [-0.39, 0.29) is 5.91 Å². The number of nitrogen functional groups attached to an aromatic ring is 1. The van der Waals surface area contributed by atoms with Crippen LogP contribution in [0, 0.1) is 5.41 Å². The molecule has 116 valence electrons. The predicted molar refractivity (Wildman–Crippen MR) is 85.2 cm³/mol. The van der Waals surface area contributed by atoms with Gasteiger partial charge in [-0.05, 0) is 44.1 Å². The summed E-state index contributed by atoms with van der Waals surface area (Å²) in [6.45, 7) is 4.65. The van der Waals surface area contributed by atoms with Crippen LogP contribution in [0.15, 0.2) is 12.3 Å². The molecule has 0 radical (unpaired) electrons. The zero-order valence-corrected chi connectivity index (χ0v) is 13.1. The van der Waals surface area contributed by atoms with Crippen LogP contribution in [0.2, 0.25) is 0 Å². The van der Waals surface area contributed by atoms with Gasteiger partial charge in [0.05, 0.1) is 5.69 Å². The number of carbonyl (C=O) groups is 1. The summed E-state index contributed by atoms with van der Waals surface area (Å²) in [4.78, 5) is 14.7. The maximum atomic E-state index is 12.7. The summed E-state index contributed by atoms with van der Waals surface area (Å²) < 4.78 is 1.96. The Labute approximate surface area is 127 Å². The van der Waals surface area contributed by atoms with Crippen molar-refractivity contribution in [3.8, 4) is 0 Å². The van der Waals surface area contributed by atoms with Crippen LogP contribution in [-0.2, 0) is 6.54 Å². The Hall–Kier alpha value is -1.45. The molecule has 1 spiro atoms. The van der Waals surface area contributed by atoms with Gasteiger partial charge in [-0.2, -0.15) is 0 Å². The minimum atomic E-state index is 0.152. The SMILES string of the molecule is CCn1cc(N)cc1C(=O)N1CCC2(CCCCC2)CC1. The fraction of sp³-hybridized carbons (Fsp3) is 0.706. The molecule has 0 unspecified atom stereocenters. The van der Waals surface area contributed by atoms with Crippen molar-refractivity contribution in [1.29, 1.82) is 0 Å². The highest BCUT2D eigenvalue weighted by Crippen LogP contribution is 2.44. The van der Waals surface area contributed by atoms with Crippen molar-refractivity contribution < 1.29 is 4.79 Å². The number of carbonyl (C=O) groups excluding carboxylic acids is 1. The Balaban J connectivity index is 1.67. The van der Waals surface area contributed by atoms with Crippen LogP contribution in [0.25, 0.3) is 0 Å². The van der Waals surface area contributed by atoms with Gasteiger partial charge in [-0.15, -0.1) is 0 Å². The van der Waals surface area contributed by atoms with E-state index < -0.39 is 0 Å². The van der Waals surface area contributed by atoms with Gasteiger partial charge >= 0.3 is 0 Å². The van der Waals surface area contributed by atoms with Crippen molar-refractivity contribution in [3.05, 3.63) is 18.0 Å². The van der Waals surface area contributed by atoms with Gasteiger partial charge in [0.1, 0.15) is 5.69 Å². The molecule has 1 saturated heterocycles. The van der Waals surface area contributed by atoms with Crippen LogP contribution in [0.3, 0.4) is 0 Å². The molecule has 1 saturated carbocycles. The van der Waals surface area contributed by atoms with Gasteiger partial charge in [0, 0.05) is 25.8 Å². The first-order valence-electron chi connectivity index (χ1n) is 8.38. The molecule has 4 nitrogen and oxygen atoms in total. The van der Waals surface area contributed by atoms with Crippen molar-refractivity contribution >= 4 is 11.6 Å². The van der Waals surface area contributed by atoms with E-state index in [1.54, 1.807) is 0 Å². The van der Waals surface area contributed by atoms with E-state index in [2.05, 4.69) is 0 Å². The van der Waals surface area contributed by atoms with Gasteiger partial charge in [0.2, 0.25) is 0 Å². The average Bonchev–Trinajstić information content (AvgIpc) is 2.89. The molecular weight excluding hydrogens is 262 g/mol. The molecule has 2 heterocycles. The fourth-order valence-electron chi connectivity index (χ4n) is 4.12. The summed E-state index contributed by atoms with van der Waals surface area (Å²) in [6.07, 6.45) is 11.1. The second kappa shape index (κ2) is 5.74. The van der Waals surface area contributed by atoms with E-state index in [1.165, 1.54) is 44.9 Å². The maximum absolute atomic E-state index is 12.7. The van der Waals surface area contributed by atoms with Crippen molar-refractivity contribution in [2.24, 2.45) is 5.41 Å². The standard InChI is InChI=1S/C17H27N3O/c1-2-19-13-14(18)12-15(19)16(21)20-10-8-17(9-11-20)6-4-3-5-7-17/h12-13H,2-11,18H2,1H3. The minimum absolute atomic E-state index is 0.152. The predicted octanol–water partition coefficient (Wildman–Crippen LogP) is 3.28. The molecule has 1 aliphatic heterocycles. The van der Waals surface area contributed by atoms with Gasteiger partial charge in [-0.25, -0.2) is 0 Å². The summed E-state index contributed by atoms with van der Waals surface area (Å²) in [7, 11) is 0. The number of nitrogens with two attached hydrogens (primary N) is 1. The molecule has 0 bridgehead atoms. The first kappa shape index (κ1) is 14.5. The van der Waals surface area contributed by atoms with Crippen molar-refractivity contribution in [2.75, 3.05) is 18.8 Å². The van der Waals surface area contributed by atoms with E-state index in [1.807, 2.05) is 28.7 Å². The summed E-state index contributed by atoms with van der Waals surface area (Å²) in [5.41, 5.74) is 7.81. The van der Waals surface area contributed by atoms with Crippen LogP contribution in [0.4, 0.5) is 5.69 Å². The number of aromatic nitrogens is 1. The smallest absolute Gasteiger partial charge is 0.270 e. The lowest BCUT2D eigenvalue weighted by atomic mass is 9.68. The molecule has 1 aromatic heterocycles. The van der Waals surface area contributed by atoms with Gasteiger partial charge in [0.15, 0.2) is 0 Å². The molecule has 2 aliphatic rings. The van der Waals surface area contributed by atoms with Crippen LogP contribution in [0.1, 0.15) is 62.4 Å². The Bertz CT molecular complexity index is 504. The van der Waals surface area contributed by atoms with E-state index in [0.717, 1.165) is 25.3 Å². The molecule has 2 N–H and O–H groups in total. The lowest BCUT2D eigenvalue weighted by Crippen LogP contribution is -2.44. The number of rotatable bonds is 2. The highest BCUT2D eigenvalue weighted by Gasteiger charge is 2.37. The number of anilines is 1. The maximum Gasteiger partial charge on any atom is 0.270 e. The Morgan fingerprint density at radius 2 is 1.86 bits per heavy atom. The highest BCUT2D eigenvalue weighted by atomic mass is 16.2. The van der Waals surface area contributed by atoms with Crippen molar-refractivity contribution in [2.45, 2.75) is 58.4 Å². The lowest BCUT2D eigenvalue weighted by Gasteiger charge is -2.44. The second-order valence-electron chi connectivity index (χ2n) is 6.80. The minimum Gasteiger partial charge on any atom is -0.397 e. The third-order valence-corrected chi connectivity index (χ3v) is 5.50. The third-order valence-electron chi connectivity index (χ3n) is 5.50. The average molecular weight is 289 g/mol. The third kappa shape index (κ3) is 2.81. The zero-order valence-electron chi connectivity index (χ0n) is 13.1. The fourth-order valence-corrected chi connectivity index (χ4v) is 4.12. The molecule has 0 atom stereocenters. The largest absolute Gasteiger partial charge is 0.397 e. The number of likely N-dealkylation sites (tertiary alicyclic amines) is 1. The number of piperidine rings is 1. The van der Waals surface area contributed by atoms with Gasteiger partial charge in [-0.3, -0.25) is 4.79 Å². The summed E-state index contributed by atoms with van der Waals surface area (Å²) in [5, 5.41) is 0. The molecular formula is C17H27N3O. The first-order chi connectivity index (χ1) is 10.1. The molecule has 21 heavy (non-hydrogen) atoms. The van der Waals surface area contributed by atoms with Crippen LogP contribution >= 0.6 is 0 Å². The molecule has 1 amide bonds. The Morgan fingerprint density at radius 1 is 1.19 bits per heavy atom. The number of nitrogens with zero attached hydrogens (tertiary/aromatic N) is 2. The Kier molecular flexibility index (Phi) is 3.96. The van der Waals surface area contributed by atoms with E-state index in [0.29, 0.717) is 11.1 Å². The normalized spacial score (nSPS) is 21.7. The number of amides is 1. The van der Waals surface area contributed by atoms with Gasteiger partial charge in [0.25, 0.3) is 5.91 Å². The molecule has 1 aromatic rings. The van der Waals surface area contributed by atoms with E-state index in [4.69, 9.17) is 5.73 Å². The molecule has 1 aliphatic carbocycles. The monoisotopic (exact) mass is 289 g/mol. The summed E-state index contributed by atoms with van der Waals surface area (Å²) in [5.74, 6) is 0.152. The van der Waals surface area contributed by atoms with Crippen molar-refractivity contribution in [1.82, 2.24) is 9.47 Å².